The summed E-state index contributed by atoms with van der Waals surface area (Å²) in [4.78, 5) is 27.8. The zero-order valence-corrected chi connectivity index (χ0v) is 16.7. The van der Waals surface area contributed by atoms with Crippen LogP contribution in [-0.4, -0.2) is 44.4 Å². The average Bonchev–Trinajstić information content (AvgIpc) is 2.76. The number of carbonyl (C=O) groups is 2. The summed E-state index contributed by atoms with van der Waals surface area (Å²) in [6, 6.07) is 9.86. The van der Waals surface area contributed by atoms with E-state index in [4.69, 9.17) is 0 Å². The van der Waals surface area contributed by atoms with Crippen LogP contribution in [-0.2, 0) is 6.18 Å². The lowest BCUT2D eigenvalue weighted by Crippen LogP contribution is -2.45. The van der Waals surface area contributed by atoms with Crippen molar-refractivity contribution in [2.75, 3.05) is 37.6 Å². The molecule has 0 aromatic heterocycles. The molecule has 160 valence electrons. The van der Waals surface area contributed by atoms with Crippen LogP contribution in [0.4, 0.5) is 18.9 Å². The molecular formula is C22H24F3N3O2. The Hall–Kier alpha value is -2.87. The second-order valence-electron chi connectivity index (χ2n) is 7.07. The fourth-order valence-electron chi connectivity index (χ4n) is 3.52. The van der Waals surface area contributed by atoms with Crippen molar-refractivity contribution in [1.29, 1.82) is 0 Å². The molecule has 1 saturated heterocycles. The van der Waals surface area contributed by atoms with E-state index in [-0.39, 0.29) is 16.8 Å². The zero-order valence-electron chi connectivity index (χ0n) is 16.7. The van der Waals surface area contributed by atoms with E-state index in [0.29, 0.717) is 39.1 Å². The first-order chi connectivity index (χ1) is 14.3. The molecule has 8 heteroatoms. The molecule has 0 atom stereocenters. The molecule has 1 aliphatic rings. The normalized spacial score (nSPS) is 14.5. The highest BCUT2D eigenvalue weighted by molar-refractivity contribution is 6.16. The molecule has 0 unspecified atom stereocenters. The number of piperazine rings is 1. The number of halogens is 3. The third-order valence-electron chi connectivity index (χ3n) is 4.96. The van der Waals surface area contributed by atoms with Crippen LogP contribution < -0.4 is 15.5 Å². The number of ketones is 1. The van der Waals surface area contributed by atoms with E-state index in [9.17, 15) is 22.8 Å². The number of nitrogens with one attached hydrogen (secondary N) is 2. The van der Waals surface area contributed by atoms with Gasteiger partial charge in [-0.15, -0.1) is 0 Å². The molecule has 1 aliphatic heterocycles. The van der Waals surface area contributed by atoms with E-state index in [0.717, 1.165) is 6.07 Å². The Morgan fingerprint density at radius 1 is 1.07 bits per heavy atom. The highest BCUT2D eigenvalue weighted by atomic mass is 19.4. The number of carbonyl (C=O) groups excluding carboxylic acids is 2. The number of rotatable bonds is 6. The smallest absolute Gasteiger partial charge is 0.368 e. The first-order valence-electron chi connectivity index (χ1n) is 9.92. The van der Waals surface area contributed by atoms with Crippen molar-refractivity contribution in [2.45, 2.75) is 19.5 Å². The summed E-state index contributed by atoms with van der Waals surface area (Å²) < 4.78 is 41.8. The molecule has 2 aromatic rings. The monoisotopic (exact) mass is 419 g/mol. The van der Waals surface area contributed by atoms with Crippen LogP contribution in [0.2, 0.25) is 0 Å². The Morgan fingerprint density at radius 2 is 1.73 bits per heavy atom. The Balaban J connectivity index is 2.25. The van der Waals surface area contributed by atoms with Gasteiger partial charge in [-0.2, -0.15) is 13.2 Å². The van der Waals surface area contributed by atoms with Crippen LogP contribution >= 0.6 is 0 Å². The van der Waals surface area contributed by atoms with E-state index in [1.807, 2.05) is 6.92 Å². The zero-order chi connectivity index (χ0) is 21.7. The van der Waals surface area contributed by atoms with Gasteiger partial charge in [0.25, 0.3) is 5.91 Å². The van der Waals surface area contributed by atoms with Crippen molar-refractivity contribution in [2.24, 2.45) is 0 Å². The summed E-state index contributed by atoms with van der Waals surface area (Å²) in [6.07, 6.45) is -4.05. The number of hydrogen-bond acceptors (Lipinski definition) is 4. The lowest BCUT2D eigenvalue weighted by Gasteiger charge is -2.33. The van der Waals surface area contributed by atoms with Gasteiger partial charge in [0.1, 0.15) is 0 Å². The molecule has 2 aromatic carbocycles. The van der Waals surface area contributed by atoms with Gasteiger partial charge in [0.05, 0.1) is 22.4 Å². The largest absolute Gasteiger partial charge is 0.417 e. The molecule has 5 nitrogen and oxygen atoms in total. The molecule has 0 aliphatic carbocycles. The third-order valence-corrected chi connectivity index (χ3v) is 4.96. The number of nitrogens with zero attached hydrogens (tertiary/aromatic N) is 1. The minimum absolute atomic E-state index is 0.0498. The van der Waals surface area contributed by atoms with Gasteiger partial charge >= 0.3 is 6.18 Å². The molecule has 0 radical (unpaired) electrons. The molecule has 3 rings (SSSR count). The third kappa shape index (κ3) is 4.64. The lowest BCUT2D eigenvalue weighted by atomic mass is 9.92. The number of anilines is 1. The van der Waals surface area contributed by atoms with Crippen molar-refractivity contribution < 1.29 is 22.8 Å². The maximum absolute atomic E-state index is 13.9. The molecule has 1 heterocycles. The van der Waals surface area contributed by atoms with Gasteiger partial charge in [-0.1, -0.05) is 37.3 Å². The molecule has 30 heavy (non-hydrogen) atoms. The van der Waals surface area contributed by atoms with Crippen LogP contribution in [0.3, 0.4) is 0 Å². The summed E-state index contributed by atoms with van der Waals surface area (Å²) in [7, 11) is 0. The second-order valence-corrected chi connectivity index (χ2v) is 7.07. The summed E-state index contributed by atoms with van der Waals surface area (Å²) in [6.45, 7) is 4.16. The van der Waals surface area contributed by atoms with Crippen LogP contribution in [0.25, 0.3) is 0 Å². The fourth-order valence-corrected chi connectivity index (χ4v) is 3.52. The maximum atomic E-state index is 13.9. The van der Waals surface area contributed by atoms with Crippen LogP contribution in [0, 0.1) is 0 Å². The highest BCUT2D eigenvalue weighted by Crippen LogP contribution is 2.39. The quantitative estimate of drug-likeness (QED) is 0.704. The summed E-state index contributed by atoms with van der Waals surface area (Å²) >= 11 is 0. The van der Waals surface area contributed by atoms with Crippen LogP contribution in [0.15, 0.2) is 42.5 Å². The first kappa shape index (κ1) is 21.8. The average molecular weight is 419 g/mol. The predicted octanol–water partition coefficient (Wildman–Crippen LogP) is 3.49. The van der Waals surface area contributed by atoms with Crippen molar-refractivity contribution in [1.82, 2.24) is 10.6 Å². The van der Waals surface area contributed by atoms with Crippen molar-refractivity contribution in [3.05, 3.63) is 64.7 Å². The molecule has 0 spiro atoms. The van der Waals surface area contributed by atoms with Gasteiger partial charge in [-0.05, 0) is 18.6 Å². The van der Waals surface area contributed by atoms with Crippen molar-refractivity contribution in [3.63, 3.8) is 0 Å². The van der Waals surface area contributed by atoms with Gasteiger partial charge in [0.2, 0.25) is 0 Å². The number of benzene rings is 2. The van der Waals surface area contributed by atoms with Gasteiger partial charge in [0.15, 0.2) is 5.78 Å². The Morgan fingerprint density at radius 3 is 2.33 bits per heavy atom. The lowest BCUT2D eigenvalue weighted by molar-refractivity contribution is -0.137. The predicted molar refractivity (Wildman–Crippen MR) is 109 cm³/mol. The fraction of sp³-hybridized carbons (Fsp3) is 0.364. The van der Waals surface area contributed by atoms with E-state index in [1.54, 1.807) is 23.1 Å². The number of alkyl halides is 3. The highest BCUT2D eigenvalue weighted by Gasteiger charge is 2.39. The summed E-state index contributed by atoms with van der Waals surface area (Å²) in [5, 5.41) is 5.86. The molecule has 1 amide bonds. The standard InChI is InChI=1S/C22H24F3N3O2/c1-2-10-27-21(30)16-8-9-17(22(23,24)25)18(19(16)28-13-11-26-12-14-28)20(29)15-6-4-3-5-7-15/h3-9,26H,2,10-14H2,1H3,(H,27,30). The minimum atomic E-state index is -4.74. The second kappa shape index (κ2) is 9.30. The summed E-state index contributed by atoms with van der Waals surface area (Å²) in [5.74, 6) is -1.23. The van der Waals surface area contributed by atoms with E-state index in [2.05, 4.69) is 10.6 Å². The molecular weight excluding hydrogens is 395 g/mol. The minimum Gasteiger partial charge on any atom is -0.368 e. The van der Waals surface area contributed by atoms with Gasteiger partial charge in [-0.3, -0.25) is 9.59 Å². The van der Waals surface area contributed by atoms with Crippen LogP contribution in [0.5, 0.6) is 0 Å². The molecule has 0 saturated carbocycles. The maximum Gasteiger partial charge on any atom is 0.417 e. The molecule has 1 fully saturated rings. The molecule has 0 bridgehead atoms. The van der Waals surface area contributed by atoms with E-state index >= 15 is 0 Å². The first-order valence-corrected chi connectivity index (χ1v) is 9.92. The van der Waals surface area contributed by atoms with E-state index < -0.39 is 29.0 Å². The van der Waals surface area contributed by atoms with E-state index in [1.165, 1.54) is 18.2 Å². The molecule has 2 N–H and O–H groups in total. The Bertz CT molecular complexity index is 908. The number of hydrogen-bond donors (Lipinski definition) is 2. The summed E-state index contributed by atoms with van der Waals surface area (Å²) in [5.41, 5.74) is -1.23. The topological polar surface area (TPSA) is 61.4 Å². The van der Waals surface area contributed by atoms with Crippen LogP contribution in [0.1, 0.15) is 45.2 Å². The van der Waals surface area contributed by atoms with Gasteiger partial charge in [0, 0.05) is 38.3 Å². The number of amides is 1. The SMILES string of the molecule is CCCNC(=O)c1ccc(C(F)(F)F)c(C(=O)c2ccccc2)c1N1CCNCC1. The Kier molecular flexibility index (Phi) is 6.77. The Labute approximate surface area is 173 Å². The van der Waals surface area contributed by atoms with Crippen molar-refractivity contribution >= 4 is 17.4 Å². The van der Waals surface area contributed by atoms with Gasteiger partial charge < -0.3 is 15.5 Å². The van der Waals surface area contributed by atoms with Crippen molar-refractivity contribution in [3.8, 4) is 0 Å². The van der Waals surface area contributed by atoms with Gasteiger partial charge in [-0.25, -0.2) is 0 Å².